The van der Waals surface area contributed by atoms with E-state index in [2.05, 4.69) is 0 Å². The SMILES string of the molecule is CN1CCc2ccc(F)cc2C1C(F)(F)F. The van der Waals surface area contributed by atoms with E-state index in [1.54, 1.807) is 0 Å². The molecule has 1 aromatic carbocycles. The van der Waals surface area contributed by atoms with Crippen molar-refractivity contribution in [3.8, 4) is 0 Å². The highest BCUT2D eigenvalue weighted by Gasteiger charge is 2.45. The monoisotopic (exact) mass is 233 g/mol. The van der Waals surface area contributed by atoms with Crippen molar-refractivity contribution in [2.75, 3.05) is 13.6 Å². The number of halogens is 4. The molecule has 0 bridgehead atoms. The summed E-state index contributed by atoms with van der Waals surface area (Å²) in [5.74, 6) is -0.622. The lowest BCUT2D eigenvalue weighted by Gasteiger charge is -2.35. The van der Waals surface area contributed by atoms with Crippen LogP contribution in [0, 0.1) is 5.82 Å². The van der Waals surface area contributed by atoms with Crippen LogP contribution in [0.5, 0.6) is 0 Å². The van der Waals surface area contributed by atoms with Gasteiger partial charge in [0.05, 0.1) is 0 Å². The maximum Gasteiger partial charge on any atom is 0.408 e. The smallest absolute Gasteiger partial charge is 0.291 e. The van der Waals surface area contributed by atoms with Crippen LogP contribution in [0.15, 0.2) is 18.2 Å². The Morgan fingerprint density at radius 2 is 2.00 bits per heavy atom. The number of hydrogen-bond acceptors (Lipinski definition) is 1. The molecule has 16 heavy (non-hydrogen) atoms. The van der Waals surface area contributed by atoms with E-state index in [-0.39, 0.29) is 5.56 Å². The van der Waals surface area contributed by atoms with E-state index in [4.69, 9.17) is 0 Å². The first kappa shape index (κ1) is 11.4. The summed E-state index contributed by atoms with van der Waals surface area (Å²) in [7, 11) is 1.41. The van der Waals surface area contributed by atoms with E-state index in [1.807, 2.05) is 0 Å². The normalized spacial score (nSPS) is 21.9. The zero-order chi connectivity index (χ0) is 11.9. The van der Waals surface area contributed by atoms with Crippen molar-refractivity contribution in [2.24, 2.45) is 0 Å². The summed E-state index contributed by atoms with van der Waals surface area (Å²) in [4.78, 5) is 1.21. The standard InChI is InChI=1S/C11H11F4N/c1-16-5-4-7-2-3-8(12)6-9(7)10(16)11(13,14)15/h2-3,6,10H,4-5H2,1H3. The van der Waals surface area contributed by atoms with Crippen LogP contribution in [0.1, 0.15) is 17.2 Å². The Labute approximate surface area is 90.7 Å². The molecule has 0 fully saturated rings. The zero-order valence-corrected chi connectivity index (χ0v) is 8.68. The summed E-state index contributed by atoms with van der Waals surface area (Å²) < 4.78 is 51.5. The molecule has 1 aliphatic rings. The van der Waals surface area contributed by atoms with Gasteiger partial charge in [0.2, 0.25) is 0 Å². The molecule has 88 valence electrons. The number of hydrogen-bond donors (Lipinski definition) is 0. The van der Waals surface area contributed by atoms with Gasteiger partial charge in [-0.15, -0.1) is 0 Å². The van der Waals surface area contributed by atoms with Gasteiger partial charge in [-0.1, -0.05) is 6.07 Å². The molecule has 1 unspecified atom stereocenters. The van der Waals surface area contributed by atoms with Crippen LogP contribution in [-0.4, -0.2) is 24.7 Å². The van der Waals surface area contributed by atoms with Crippen molar-refractivity contribution >= 4 is 0 Å². The molecule has 0 radical (unpaired) electrons. The van der Waals surface area contributed by atoms with Gasteiger partial charge in [0.1, 0.15) is 11.9 Å². The van der Waals surface area contributed by atoms with Crippen LogP contribution < -0.4 is 0 Å². The lowest BCUT2D eigenvalue weighted by Crippen LogP contribution is -2.40. The number of fused-ring (bicyclic) bond motifs is 1. The minimum Gasteiger partial charge on any atom is -0.291 e. The molecule has 0 N–H and O–H groups in total. The molecule has 1 nitrogen and oxygen atoms in total. The average molecular weight is 233 g/mol. The van der Waals surface area contributed by atoms with E-state index >= 15 is 0 Å². The molecule has 1 aromatic rings. The van der Waals surface area contributed by atoms with Gasteiger partial charge in [-0.25, -0.2) is 4.39 Å². The summed E-state index contributed by atoms with van der Waals surface area (Å²) in [6.45, 7) is 0.336. The van der Waals surface area contributed by atoms with Gasteiger partial charge in [0.15, 0.2) is 0 Å². The molecule has 0 aliphatic carbocycles. The molecule has 0 saturated heterocycles. The van der Waals surface area contributed by atoms with Gasteiger partial charge in [-0.05, 0) is 36.7 Å². The van der Waals surface area contributed by atoms with Crippen LogP contribution in [0.3, 0.4) is 0 Å². The third kappa shape index (κ3) is 1.91. The number of rotatable bonds is 0. The van der Waals surface area contributed by atoms with Crippen molar-refractivity contribution in [3.63, 3.8) is 0 Å². The van der Waals surface area contributed by atoms with E-state index < -0.39 is 18.0 Å². The van der Waals surface area contributed by atoms with Crippen LogP contribution in [-0.2, 0) is 6.42 Å². The molecule has 1 heterocycles. The summed E-state index contributed by atoms with van der Waals surface area (Å²) in [5, 5.41) is 0. The summed E-state index contributed by atoms with van der Waals surface area (Å²) in [6.07, 6.45) is -3.84. The Balaban J connectivity index is 2.51. The zero-order valence-electron chi connectivity index (χ0n) is 8.68. The largest absolute Gasteiger partial charge is 0.408 e. The number of nitrogens with zero attached hydrogens (tertiary/aromatic N) is 1. The second-order valence-electron chi connectivity index (χ2n) is 4.02. The van der Waals surface area contributed by atoms with E-state index in [1.165, 1.54) is 24.1 Å². The average Bonchev–Trinajstić information content (AvgIpc) is 2.14. The van der Waals surface area contributed by atoms with Gasteiger partial charge in [-0.2, -0.15) is 13.2 Å². The van der Waals surface area contributed by atoms with Crippen molar-refractivity contribution < 1.29 is 17.6 Å². The van der Waals surface area contributed by atoms with Gasteiger partial charge < -0.3 is 0 Å². The van der Waals surface area contributed by atoms with E-state index in [9.17, 15) is 17.6 Å². The fourth-order valence-electron chi connectivity index (χ4n) is 2.14. The third-order valence-corrected chi connectivity index (χ3v) is 2.89. The molecule has 2 rings (SSSR count). The predicted octanol–water partition coefficient (Wildman–Crippen LogP) is 2.92. The molecule has 0 saturated carbocycles. The van der Waals surface area contributed by atoms with Gasteiger partial charge in [0, 0.05) is 6.54 Å². The van der Waals surface area contributed by atoms with Crippen LogP contribution in [0.25, 0.3) is 0 Å². The minimum atomic E-state index is -4.36. The van der Waals surface area contributed by atoms with Crippen molar-refractivity contribution in [1.29, 1.82) is 0 Å². The second-order valence-corrected chi connectivity index (χ2v) is 4.02. The maximum absolute atomic E-state index is 13.0. The van der Waals surface area contributed by atoms with Gasteiger partial charge in [-0.3, -0.25) is 4.90 Å². The highest BCUT2D eigenvalue weighted by Crippen LogP contribution is 2.41. The minimum absolute atomic E-state index is 0.0428. The van der Waals surface area contributed by atoms with E-state index in [0.29, 0.717) is 18.5 Å². The quantitative estimate of drug-likeness (QED) is 0.623. The Kier molecular flexibility index (Phi) is 2.66. The lowest BCUT2D eigenvalue weighted by molar-refractivity contribution is -0.185. The third-order valence-electron chi connectivity index (χ3n) is 2.89. The first-order valence-corrected chi connectivity index (χ1v) is 4.95. The topological polar surface area (TPSA) is 3.24 Å². The number of alkyl halides is 3. The summed E-state index contributed by atoms with van der Waals surface area (Å²) in [5.41, 5.74) is 0.628. The highest BCUT2D eigenvalue weighted by atomic mass is 19.4. The molecule has 0 spiro atoms. The highest BCUT2D eigenvalue weighted by molar-refractivity contribution is 5.34. The fourth-order valence-corrected chi connectivity index (χ4v) is 2.14. The predicted molar refractivity (Wildman–Crippen MR) is 51.5 cm³/mol. The number of likely N-dealkylation sites (N-methyl/N-ethyl adjacent to an activating group) is 1. The molecule has 1 atom stereocenters. The molecule has 0 aromatic heterocycles. The number of benzene rings is 1. The first-order chi connectivity index (χ1) is 7.39. The van der Waals surface area contributed by atoms with Crippen LogP contribution >= 0.6 is 0 Å². The first-order valence-electron chi connectivity index (χ1n) is 4.95. The van der Waals surface area contributed by atoms with Crippen molar-refractivity contribution in [3.05, 3.63) is 35.1 Å². The maximum atomic E-state index is 13.0. The van der Waals surface area contributed by atoms with Crippen molar-refractivity contribution in [2.45, 2.75) is 18.6 Å². The molecule has 1 aliphatic heterocycles. The Hall–Kier alpha value is -1.10. The summed E-state index contributed by atoms with van der Waals surface area (Å²) in [6, 6.07) is 1.95. The van der Waals surface area contributed by atoms with Crippen LogP contribution in [0.2, 0.25) is 0 Å². The molecular formula is C11H11F4N. The molecule has 0 amide bonds. The van der Waals surface area contributed by atoms with Crippen LogP contribution in [0.4, 0.5) is 17.6 Å². The molecular weight excluding hydrogens is 222 g/mol. The summed E-state index contributed by atoms with van der Waals surface area (Å²) >= 11 is 0. The Morgan fingerprint density at radius 1 is 1.31 bits per heavy atom. The molecule has 5 heteroatoms. The second kappa shape index (κ2) is 3.73. The van der Waals surface area contributed by atoms with Gasteiger partial charge in [0.25, 0.3) is 0 Å². The van der Waals surface area contributed by atoms with E-state index in [0.717, 1.165) is 6.07 Å². The Bertz CT molecular complexity index is 399. The lowest BCUT2D eigenvalue weighted by atomic mass is 9.92. The Morgan fingerprint density at radius 3 is 2.62 bits per heavy atom. The van der Waals surface area contributed by atoms with Crippen molar-refractivity contribution in [1.82, 2.24) is 4.90 Å². The fraction of sp³-hybridized carbons (Fsp3) is 0.455. The van der Waals surface area contributed by atoms with Gasteiger partial charge >= 0.3 is 6.18 Å².